The maximum absolute atomic E-state index is 11.9. The normalized spacial score (nSPS) is 32.1. The average Bonchev–Trinajstić information content (AvgIpc) is 2.85. The lowest BCUT2D eigenvalue weighted by molar-refractivity contribution is -0.121. The molecule has 6 heteroatoms. The number of unbranched alkanes of at least 4 members (excludes halogenated alkanes) is 1. The molecule has 1 heterocycles. The number of rotatable bonds is 8. The van der Waals surface area contributed by atoms with Crippen LogP contribution in [0, 0.1) is 5.92 Å². The molecule has 1 saturated heterocycles. The molecular weight excluding hydrogens is 296 g/mol. The smallest absolute Gasteiger partial charge is 0.220 e. The van der Waals surface area contributed by atoms with Gasteiger partial charge in [-0.05, 0) is 12.3 Å². The van der Waals surface area contributed by atoms with Gasteiger partial charge in [-0.15, -0.1) is 0 Å². The zero-order valence-electron chi connectivity index (χ0n) is 13.9. The molecule has 0 aromatic rings. The first-order valence-electron chi connectivity index (χ1n) is 9.11. The molecule has 0 radical (unpaired) electrons. The second-order valence-corrected chi connectivity index (χ2v) is 7.10. The highest BCUT2D eigenvalue weighted by Crippen LogP contribution is 2.27. The predicted octanol–water partition coefficient (Wildman–Crippen LogP) is 0.298. The fourth-order valence-electron chi connectivity index (χ4n) is 3.80. The van der Waals surface area contributed by atoms with Gasteiger partial charge in [0.2, 0.25) is 5.91 Å². The Hall–Kier alpha value is -0.690. The van der Waals surface area contributed by atoms with Gasteiger partial charge in [-0.3, -0.25) is 4.79 Å². The number of nitrogens with one attached hydrogen (secondary N) is 2. The Kier molecular flexibility index (Phi) is 7.76. The Morgan fingerprint density at radius 3 is 2.39 bits per heavy atom. The predicted molar refractivity (Wildman–Crippen MR) is 87.9 cm³/mol. The quantitative estimate of drug-likeness (QED) is 0.413. The van der Waals surface area contributed by atoms with Gasteiger partial charge in [-0.25, -0.2) is 0 Å². The van der Waals surface area contributed by atoms with Crippen molar-refractivity contribution in [2.75, 3.05) is 13.2 Å². The summed E-state index contributed by atoms with van der Waals surface area (Å²) >= 11 is 0. The SMILES string of the molecule is O=C(CCCCC1CCCCC1)NC[C@@H]1N[C@H](CO)[C@H](O)[C@@H]1O. The van der Waals surface area contributed by atoms with Gasteiger partial charge in [-0.2, -0.15) is 0 Å². The van der Waals surface area contributed by atoms with E-state index in [1.54, 1.807) is 0 Å². The summed E-state index contributed by atoms with van der Waals surface area (Å²) in [5.74, 6) is 0.853. The molecule has 2 rings (SSSR count). The molecule has 2 fully saturated rings. The second-order valence-electron chi connectivity index (χ2n) is 7.10. The van der Waals surface area contributed by atoms with Crippen LogP contribution in [0.15, 0.2) is 0 Å². The van der Waals surface area contributed by atoms with E-state index < -0.39 is 24.3 Å². The van der Waals surface area contributed by atoms with E-state index in [-0.39, 0.29) is 19.1 Å². The zero-order valence-corrected chi connectivity index (χ0v) is 13.9. The lowest BCUT2D eigenvalue weighted by Gasteiger charge is -2.21. The van der Waals surface area contributed by atoms with Gasteiger partial charge in [-0.1, -0.05) is 44.9 Å². The maximum atomic E-state index is 11.9. The average molecular weight is 328 g/mol. The number of hydrogen-bond acceptors (Lipinski definition) is 5. The number of amides is 1. The topological polar surface area (TPSA) is 102 Å². The minimum absolute atomic E-state index is 0.00965. The first kappa shape index (κ1) is 18.6. The van der Waals surface area contributed by atoms with E-state index in [4.69, 9.17) is 5.11 Å². The standard InChI is InChI=1S/C17H32N2O4/c20-11-14-17(23)16(22)13(19-14)10-18-15(21)9-5-4-8-12-6-2-1-3-7-12/h12-14,16-17,19-20,22-23H,1-11H2,(H,18,21)/t13-,14+,16+,17-/m0/s1. The van der Waals surface area contributed by atoms with E-state index in [9.17, 15) is 15.0 Å². The van der Waals surface area contributed by atoms with Gasteiger partial charge in [0.15, 0.2) is 0 Å². The van der Waals surface area contributed by atoms with Gasteiger partial charge in [0.1, 0.15) is 0 Å². The lowest BCUT2D eigenvalue weighted by atomic mass is 9.85. The number of carbonyl (C=O) groups is 1. The third-order valence-corrected chi connectivity index (χ3v) is 5.31. The number of aliphatic hydroxyl groups is 3. The van der Waals surface area contributed by atoms with Crippen LogP contribution in [0.5, 0.6) is 0 Å². The molecule has 0 spiro atoms. The first-order chi connectivity index (χ1) is 11.1. The molecule has 1 aliphatic carbocycles. The molecule has 0 unspecified atom stereocenters. The van der Waals surface area contributed by atoms with Crippen molar-refractivity contribution in [3.8, 4) is 0 Å². The van der Waals surface area contributed by atoms with Gasteiger partial charge >= 0.3 is 0 Å². The fraction of sp³-hybridized carbons (Fsp3) is 0.941. The van der Waals surface area contributed by atoms with Crippen LogP contribution in [-0.2, 0) is 4.79 Å². The van der Waals surface area contributed by atoms with E-state index in [1.807, 2.05) is 0 Å². The summed E-state index contributed by atoms with van der Waals surface area (Å²) in [7, 11) is 0. The summed E-state index contributed by atoms with van der Waals surface area (Å²) in [4.78, 5) is 11.9. The highest BCUT2D eigenvalue weighted by atomic mass is 16.3. The van der Waals surface area contributed by atoms with Crippen molar-refractivity contribution in [3.05, 3.63) is 0 Å². The van der Waals surface area contributed by atoms with E-state index in [2.05, 4.69) is 10.6 Å². The molecular formula is C17H32N2O4. The Labute approximate surface area is 138 Å². The summed E-state index contributed by atoms with van der Waals surface area (Å²) in [5, 5.41) is 34.4. The molecule has 0 bridgehead atoms. The molecule has 1 amide bonds. The molecule has 2 aliphatic rings. The van der Waals surface area contributed by atoms with Crippen molar-refractivity contribution in [3.63, 3.8) is 0 Å². The van der Waals surface area contributed by atoms with Gasteiger partial charge in [0.25, 0.3) is 0 Å². The molecule has 23 heavy (non-hydrogen) atoms. The zero-order chi connectivity index (χ0) is 16.7. The van der Waals surface area contributed by atoms with Crippen molar-refractivity contribution in [1.82, 2.24) is 10.6 Å². The number of hydrogen-bond donors (Lipinski definition) is 5. The molecule has 5 N–H and O–H groups in total. The summed E-state index contributed by atoms with van der Waals surface area (Å²) in [6.45, 7) is 0.0417. The largest absolute Gasteiger partial charge is 0.395 e. The summed E-state index contributed by atoms with van der Waals surface area (Å²) < 4.78 is 0. The van der Waals surface area contributed by atoms with E-state index in [1.165, 1.54) is 38.5 Å². The Bertz CT molecular complexity index is 361. The Morgan fingerprint density at radius 1 is 1.04 bits per heavy atom. The van der Waals surface area contributed by atoms with Crippen LogP contribution >= 0.6 is 0 Å². The van der Waals surface area contributed by atoms with E-state index >= 15 is 0 Å². The molecule has 4 atom stereocenters. The Morgan fingerprint density at radius 2 is 1.74 bits per heavy atom. The highest BCUT2D eigenvalue weighted by Gasteiger charge is 2.40. The van der Waals surface area contributed by atoms with Crippen molar-refractivity contribution in [2.24, 2.45) is 5.92 Å². The van der Waals surface area contributed by atoms with Crippen LogP contribution in [0.2, 0.25) is 0 Å². The van der Waals surface area contributed by atoms with Crippen LogP contribution in [0.4, 0.5) is 0 Å². The van der Waals surface area contributed by atoms with Crippen molar-refractivity contribution >= 4 is 5.91 Å². The molecule has 6 nitrogen and oxygen atoms in total. The van der Waals surface area contributed by atoms with Crippen molar-refractivity contribution in [1.29, 1.82) is 0 Å². The van der Waals surface area contributed by atoms with Crippen LogP contribution < -0.4 is 10.6 Å². The minimum Gasteiger partial charge on any atom is -0.395 e. The summed E-state index contributed by atoms with van der Waals surface area (Å²) in [6, 6.07) is -0.935. The van der Waals surface area contributed by atoms with E-state index in [0.717, 1.165) is 18.8 Å². The number of carbonyl (C=O) groups excluding carboxylic acids is 1. The molecule has 1 saturated carbocycles. The van der Waals surface area contributed by atoms with Crippen molar-refractivity contribution < 1.29 is 20.1 Å². The van der Waals surface area contributed by atoms with Gasteiger partial charge < -0.3 is 26.0 Å². The fourth-order valence-corrected chi connectivity index (χ4v) is 3.80. The molecule has 0 aromatic heterocycles. The third kappa shape index (κ3) is 5.71. The number of aliphatic hydroxyl groups excluding tert-OH is 3. The maximum Gasteiger partial charge on any atom is 0.220 e. The van der Waals surface area contributed by atoms with Crippen LogP contribution in [-0.4, -0.2) is 58.7 Å². The Balaban J connectivity index is 1.54. The summed E-state index contributed by atoms with van der Waals surface area (Å²) in [5.41, 5.74) is 0. The van der Waals surface area contributed by atoms with Crippen LogP contribution in [0.1, 0.15) is 57.8 Å². The first-order valence-corrected chi connectivity index (χ1v) is 9.11. The van der Waals surface area contributed by atoms with Crippen LogP contribution in [0.25, 0.3) is 0 Å². The van der Waals surface area contributed by atoms with Crippen molar-refractivity contribution in [2.45, 2.75) is 82.1 Å². The molecule has 1 aliphatic heterocycles. The molecule has 0 aromatic carbocycles. The van der Waals surface area contributed by atoms with E-state index in [0.29, 0.717) is 6.42 Å². The van der Waals surface area contributed by atoms with Gasteiger partial charge in [0.05, 0.1) is 30.9 Å². The molecule has 134 valence electrons. The van der Waals surface area contributed by atoms with Crippen LogP contribution in [0.3, 0.4) is 0 Å². The lowest BCUT2D eigenvalue weighted by Crippen LogP contribution is -2.44. The summed E-state index contributed by atoms with van der Waals surface area (Å²) in [6.07, 6.45) is 8.63. The minimum atomic E-state index is -0.989. The van der Waals surface area contributed by atoms with Gasteiger partial charge in [0, 0.05) is 13.0 Å². The monoisotopic (exact) mass is 328 g/mol. The highest BCUT2D eigenvalue weighted by molar-refractivity contribution is 5.75. The third-order valence-electron chi connectivity index (χ3n) is 5.31. The second kappa shape index (κ2) is 9.57.